The zero-order chi connectivity index (χ0) is 16.6. The van der Waals surface area contributed by atoms with Crippen LogP contribution in [0.5, 0.6) is 0 Å². The van der Waals surface area contributed by atoms with Gasteiger partial charge in [0, 0.05) is 0 Å². The molecule has 2 aromatic rings. The number of aliphatic hydroxyl groups excluding tert-OH is 3. The largest absolute Gasteiger partial charge is 0.503 e. The van der Waals surface area contributed by atoms with Crippen LogP contribution in [0.25, 0.3) is 11.1 Å². The van der Waals surface area contributed by atoms with Gasteiger partial charge in [-0.25, -0.2) is 0 Å². The van der Waals surface area contributed by atoms with Crippen LogP contribution in [-0.2, 0) is 0 Å². The first-order chi connectivity index (χ1) is 11.0. The van der Waals surface area contributed by atoms with Gasteiger partial charge in [-0.2, -0.15) is 0 Å². The van der Waals surface area contributed by atoms with Gasteiger partial charge < -0.3 is 21.1 Å². The Hall–Kier alpha value is -2.43. The van der Waals surface area contributed by atoms with Gasteiger partial charge in [0.05, 0.1) is 16.6 Å². The molecule has 0 amide bonds. The quantitative estimate of drug-likeness (QED) is 0.678. The van der Waals surface area contributed by atoms with Gasteiger partial charge in [-0.05, 0) is 16.7 Å². The van der Waals surface area contributed by atoms with Crippen molar-refractivity contribution in [1.29, 1.82) is 0 Å². The van der Waals surface area contributed by atoms with E-state index in [4.69, 9.17) is 17.3 Å². The van der Waals surface area contributed by atoms with E-state index in [-0.39, 0.29) is 10.7 Å². The highest BCUT2D eigenvalue weighted by Crippen LogP contribution is 2.41. The Labute approximate surface area is 138 Å². The van der Waals surface area contributed by atoms with Gasteiger partial charge in [0.15, 0.2) is 11.5 Å². The molecule has 2 unspecified atom stereocenters. The second kappa shape index (κ2) is 5.99. The van der Waals surface area contributed by atoms with Crippen molar-refractivity contribution in [1.82, 2.24) is 0 Å². The Bertz CT molecular complexity index is 799. The highest BCUT2D eigenvalue weighted by atomic mass is 35.5. The van der Waals surface area contributed by atoms with E-state index in [1.807, 2.05) is 54.6 Å². The fourth-order valence-corrected chi connectivity index (χ4v) is 3.06. The summed E-state index contributed by atoms with van der Waals surface area (Å²) >= 11 is 5.95. The minimum atomic E-state index is -1.22. The number of aliphatic hydroxyl groups is 3. The molecule has 4 nitrogen and oxygen atoms in total. The van der Waals surface area contributed by atoms with Gasteiger partial charge in [-0.15, -0.1) is 0 Å². The van der Waals surface area contributed by atoms with E-state index in [1.165, 1.54) is 0 Å². The van der Waals surface area contributed by atoms with Crippen LogP contribution in [0.4, 0.5) is 0 Å². The average molecular weight is 330 g/mol. The summed E-state index contributed by atoms with van der Waals surface area (Å²) in [6, 6.07) is 17.1. The van der Waals surface area contributed by atoms with Crippen molar-refractivity contribution < 1.29 is 15.3 Å². The maximum absolute atomic E-state index is 10.4. The molecule has 118 valence electrons. The van der Waals surface area contributed by atoms with Gasteiger partial charge in [0.25, 0.3) is 0 Å². The highest BCUT2D eigenvalue weighted by molar-refractivity contribution is 6.30. The molecular formula is C18H16ClNO3. The van der Waals surface area contributed by atoms with E-state index in [0.29, 0.717) is 0 Å². The van der Waals surface area contributed by atoms with Crippen LogP contribution in [-0.4, -0.2) is 21.4 Å². The summed E-state index contributed by atoms with van der Waals surface area (Å²) in [6.07, 6.45) is -1.22. The van der Waals surface area contributed by atoms with E-state index < -0.39 is 23.5 Å². The normalized spacial score (nSPS) is 21.7. The van der Waals surface area contributed by atoms with Crippen molar-refractivity contribution in [2.75, 3.05) is 0 Å². The fourth-order valence-electron chi connectivity index (χ4n) is 2.84. The zero-order valence-electron chi connectivity index (χ0n) is 12.1. The van der Waals surface area contributed by atoms with E-state index in [0.717, 1.165) is 16.7 Å². The van der Waals surface area contributed by atoms with Crippen molar-refractivity contribution in [3.63, 3.8) is 0 Å². The first-order valence-corrected chi connectivity index (χ1v) is 7.50. The molecule has 0 saturated heterocycles. The Balaban J connectivity index is 2.17. The summed E-state index contributed by atoms with van der Waals surface area (Å²) in [7, 11) is 0. The predicted molar refractivity (Wildman–Crippen MR) is 90.0 cm³/mol. The smallest absolute Gasteiger partial charge is 0.178 e. The Morgan fingerprint density at radius 1 is 0.870 bits per heavy atom. The third-order valence-electron chi connectivity index (χ3n) is 4.02. The van der Waals surface area contributed by atoms with Crippen molar-refractivity contribution >= 4 is 11.6 Å². The summed E-state index contributed by atoms with van der Waals surface area (Å²) in [5.41, 5.74) is 8.50. The first-order valence-electron chi connectivity index (χ1n) is 7.12. The molecule has 0 bridgehead atoms. The molecule has 0 aliphatic heterocycles. The molecular weight excluding hydrogens is 314 g/mol. The predicted octanol–water partition coefficient (Wildman–Crippen LogP) is 3.55. The molecule has 2 atom stereocenters. The minimum absolute atomic E-state index is 0.0113. The Morgan fingerprint density at radius 2 is 1.48 bits per heavy atom. The topological polar surface area (TPSA) is 86.7 Å². The number of rotatable bonds is 2. The van der Waals surface area contributed by atoms with Gasteiger partial charge in [-0.3, -0.25) is 0 Å². The lowest BCUT2D eigenvalue weighted by Gasteiger charge is -2.30. The van der Waals surface area contributed by atoms with Gasteiger partial charge in [-0.1, -0.05) is 66.2 Å². The lowest BCUT2D eigenvalue weighted by molar-refractivity contribution is 0.176. The lowest BCUT2D eigenvalue weighted by atomic mass is 9.82. The second-order valence-electron chi connectivity index (χ2n) is 5.38. The Morgan fingerprint density at radius 3 is 2.17 bits per heavy atom. The molecule has 0 aromatic heterocycles. The first kappa shape index (κ1) is 15.5. The third kappa shape index (κ3) is 2.56. The molecule has 0 radical (unpaired) electrons. The zero-order valence-corrected chi connectivity index (χ0v) is 12.9. The van der Waals surface area contributed by atoms with Crippen LogP contribution in [0.1, 0.15) is 11.5 Å². The monoisotopic (exact) mass is 329 g/mol. The van der Waals surface area contributed by atoms with Crippen LogP contribution in [0.3, 0.4) is 0 Å². The highest BCUT2D eigenvalue weighted by Gasteiger charge is 2.37. The lowest BCUT2D eigenvalue weighted by Crippen LogP contribution is -2.31. The van der Waals surface area contributed by atoms with Crippen LogP contribution in [0, 0.1) is 0 Å². The van der Waals surface area contributed by atoms with E-state index in [9.17, 15) is 15.3 Å². The van der Waals surface area contributed by atoms with E-state index >= 15 is 0 Å². The molecule has 1 aliphatic carbocycles. The maximum atomic E-state index is 10.4. The van der Waals surface area contributed by atoms with Crippen molar-refractivity contribution in [3.05, 3.63) is 82.4 Å². The van der Waals surface area contributed by atoms with E-state index in [1.54, 1.807) is 0 Å². The van der Waals surface area contributed by atoms with Crippen LogP contribution in [0.15, 0.2) is 76.8 Å². The van der Waals surface area contributed by atoms with Crippen molar-refractivity contribution in [3.8, 4) is 11.1 Å². The molecule has 3 rings (SSSR count). The molecule has 2 aromatic carbocycles. The molecule has 0 heterocycles. The number of hydrogen-bond donors (Lipinski definition) is 4. The van der Waals surface area contributed by atoms with Crippen molar-refractivity contribution in [2.45, 2.75) is 12.0 Å². The summed E-state index contributed by atoms with van der Waals surface area (Å²) in [6.45, 7) is 0. The van der Waals surface area contributed by atoms with Crippen LogP contribution < -0.4 is 5.73 Å². The second-order valence-corrected chi connectivity index (χ2v) is 5.78. The molecule has 5 N–H and O–H groups in total. The molecule has 1 aliphatic rings. The molecule has 23 heavy (non-hydrogen) atoms. The number of hydrogen-bond acceptors (Lipinski definition) is 4. The summed E-state index contributed by atoms with van der Waals surface area (Å²) in [5, 5.41) is 29.9. The number of halogens is 1. The van der Waals surface area contributed by atoms with Crippen LogP contribution >= 0.6 is 11.6 Å². The molecule has 0 spiro atoms. The summed E-state index contributed by atoms with van der Waals surface area (Å²) in [5.74, 6) is -1.81. The van der Waals surface area contributed by atoms with Gasteiger partial charge >= 0.3 is 0 Å². The minimum Gasteiger partial charge on any atom is -0.503 e. The molecule has 5 heteroatoms. The maximum Gasteiger partial charge on any atom is 0.178 e. The van der Waals surface area contributed by atoms with Crippen molar-refractivity contribution in [2.24, 2.45) is 5.73 Å². The summed E-state index contributed by atoms with van der Waals surface area (Å²) in [4.78, 5) is 0. The third-order valence-corrected chi connectivity index (χ3v) is 4.42. The molecule has 0 fully saturated rings. The van der Waals surface area contributed by atoms with E-state index in [2.05, 4.69) is 0 Å². The average Bonchev–Trinajstić information content (AvgIpc) is 2.60. The SMILES string of the molecule is NC1=C(O)C(O)=C(Cl)C(O)C1c1ccccc1-c1ccccc1. The molecule has 0 saturated carbocycles. The Kier molecular flexibility index (Phi) is 4.03. The van der Waals surface area contributed by atoms with Crippen LogP contribution in [0.2, 0.25) is 0 Å². The summed E-state index contributed by atoms with van der Waals surface area (Å²) < 4.78 is 0. The fraction of sp³-hybridized carbons (Fsp3) is 0.111. The van der Waals surface area contributed by atoms with Gasteiger partial charge in [0.1, 0.15) is 6.10 Å². The standard InChI is InChI=1S/C18H16ClNO3/c19-14-16(21)13(15(20)18(23)17(14)22)12-9-5-4-8-11(12)10-6-2-1-3-7-10/h1-9,13,16,21-23H,20H2. The number of benzene rings is 2. The van der Waals surface area contributed by atoms with Gasteiger partial charge in [0.2, 0.25) is 0 Å². The number of nitrogens with two attached hydrogens (primary N) is 1.